The van der Waals surface area contributed by atoms with E-state index >= 15 is 0 Å². The Morgan fingerprint density at radius 3 is 2.80 bits per heavy atom. The summed E-state index contributed by atoms with van der Waals surface area (Å²) in [6.07, 6.45) is 3.08. The third-order valence-corrected chi connectivity index (χ3v) is 3.71. The molecule has 2 aliphatic rings. The normalized spacial score (nSPS) is 29.6. The van der Waals surface area contributed by atoms with Crippen LogP contribution in [0.25, 0.3) is 0 Å². The van der Waals surface area contributed by atoms with Crippen molar-refractivity contribution in [3.8, 4) is 0 Å². The maximum Gasteiger partial charge on any atom is 0.223 e. The Morgan fingerprint density at radius 1 is 1.20 bits per heavy atom. The first-order valence-corrected chi connectivity index (χ1v) is 5.70. The molecule has 0 spiro atoms. The number of benzene rings is 1. The zero-order valence-corrected chi connectivity index (χ0v) is 8.73. The Hall–Kier alpha value is -1.31. The minimum absolute atomic E-state index is 0.353. The van der Waals surface area contributed by atoms with Gasteiger partial charge in [0.25, 0.3) is 0 Å². The van der Waals surface area contributed by atoms with Crippen LogP contribution in [-0.2, 0) is 4.79 Å². The van der Waals surface area contributed by atoms with E-state index in [0.29, 0.717) is 24.3 Å². The van der Waals surface area contributed by atoms with E-state index < -0.39 is 0 Å². The highest BCUT2D eigenvalue weighted by Gasteiger charge is 2.42. The van der Waals surface area contributed by atoms with Crippen LogP contribution in [0.4, 0.5) is 0 Å². The maximum atomic E-state index is 11.8. The quantitative estimate of drug-likeness (QED) is 0.682. The number of carbonyl (C=O) groups is 1. The number of carbonyl (C=O) groups excluding carboxylic acids is 1. The molecule has 1 amide bonds. The number of hydrogen-bond acceptors (Lipinski definition) is 1. The Labute approximate surface area is 89.9 Å². The molecule has 2 heteroatoms. The molecule has 0 N–H and O–H groups in total. The molecule has 2 heterocycles. The molecule has 0 aromatic heterocycles. The molecule has 0 aliphatic carbocycles. The van der Waals surface area contributed by atoms with Crippen LogP contribution in [0, 0.1) is 0 Å². The van der Waals surface area contributed by atoms with E-state index in [-0.39, 0.29) is 0 Å². The summed E-state index contributed by atoms with van der Waals surface area (Å²) < 4.78 is 0. The highest BCUT2D eigenvalue weighted by atomic mass is 16.2. The second-order valence-corrected chi connectivity index (χ2v) is 4.52. The Balaban J connectivity index is 1.92. The third kappa shape index (κ3) is 1.36. The van der Waals surface area contributed by atoms with Crippen molar-refractivity contribution in [3.05, 3.63) is 35.9 Å². The smallest absolute Gasteiger partial charge is 0.223 e. The van der Waals surface area contributed by atoms with Gasteiger partial charge in [-0.05, 0) is 18.4 Å². The predicted octanol–water partition coefficient (Wildman–Crippen LogP) is 2.16. The average molecular weight is 201 g/mol. The van der Waals surface area contributed by atoms with Crippen LogP contribution in [-0.4, -0.2) is 23.4 Å². The fourth-order valence-corrected chi connectivity index (χ4v) is 3.00. The van der Waals surface area contributed by atoms with E-state index in [1.807, 2.05) is 6.07 Å². The topological polar surface area (TPSA) is 20.3 Å². The number of nitrogens with zero attached hydrogens (tertiary/aromatic N) is 1. The summed E-state index contributed by atoms with van der Waals surface area (Å²) in [6.45, 7) is 0.979. The molecular weight excluding hydrogens is 186 g/mol. The minimum Gasteiger partial charge on any atom is -0.339 e. The van der Waals surface area contributed by atoms with Crippen LogP contribution < -0.4 is 0 Å². The van der Waals surface area contributed by atoms with Gasteiger partial charge in [0, 0.05) is 24.9 Å². The van der Waals surface area contributed by atoms with Gasteiger partial charge in [0.2, 0.25) is 5.91 Å². The molecule has 0 radical (unpaired) electrons. The summed E-state index contributed by atoms with van der Waals surface area (Å²) in [5, 5.41) is 0. The van der Waals surface area contributed by atoms with Gasteiger partial charge in [-0.15, -0.1) is 0 Å². The van der Waals surface area contributed by atoms with Crippen LogP contribution >= 0.6 is 0 Å². The largest absolute Gasteiger partial charge is 0.339 e. The first-order chi connectivity index (χ1) is 7.36. The molecule has 2 nitrogen and oxygen atoms in total. The second kappa shape index (κ2) is 3.37. The lowest BCUT2D eigenvalue weighted by molar-refractivity contribution is -0.127. The summed E-state index contributed by atoms with van der Waals surface area (Å²) >= 11 is 0. The summed E-state index contributed by atoms with van der Waals surface area (Å²) in [5.41, 5.74) is 1.33. The molecule has 0 unspecified atom stereocenters. The summed E-state index contributed by atoms with van der Waals surface area (Å²) in [5.74, 6) is 0.799. The highest BCUT2D eigenvalue weighted by molar-refractivity contribution is 5.81. The summed E-state index contributed by atoms with van der Waals surface area (Å²) in [4.78, 5) is 13.8. The highest BCUT2D eigenvalue weighted by Crippen LogP contribution is 2.39. The van der Waals surface area contributed by atoms with Crippen LogP contribution in [0.2, 0.25) is 0 Å². The van der Waals surface area contributed by atoms with E-state index in [1.54, 1.807) is 0 Å². The van der Waals surface area contributed by atoms with Gasteiger partial charge in [0.15, 0.2) is 0 Å². The van der Waals surface area contributed by atoms with Crippen molar-refractivity contribution >= 4 is 5.91 Å². The zero-order valence-electron chi connectivity index (χ0n) is 8.73. The van der Waals surface area contributed by atoms with Gasteiger partial charge in [-0.3, -0.25) is 4.79 Å². The lowest BCUT2D eigenvalue weighted by Crippen LogP contribution is -2.28. The SMILES string of the molecule is O=C1C[C@H](c2ccccc2)[C@@H]2CCCN12. The van der Waals surface area contributed by atoms with Crippen LogP contribution in [0.5, 0.6) is 0 Å². The number of hydrogen-bond donors (Lipinski definition) is 0. The lowest BCUT2D eigenvalue weighted by atomic mass is 9.90. The first-order valence-electron chi connectivity index (χ1n) is 5.70. The average Bonchev–Trinajstić information content (AvgIpc) is 2.84. The molecule has 15 heavy (non-hydrogen) atoms. The molecule has 2 atom stereocenters. The fraction of sp³-hybridized carbons (Fsp3) is 0.462. The molecule has 3 rings (SSSR count). The maximum absolute atomic E-state index is 11.8. The van der Waals surface area contributed by atoms with Crippen LogP contribution in [0.3, 0.4) is 0 Å². The van der Waals surface area contributed by atoms with E-state index in [1.165, 1.54) is 18.4 Å². The Kier molecular flexibility index (Phi) is 2.01. The fourth-order valence-electron chi connectivity index (χ4n) is 3.00. The molecule has 2 saturated heterocycles. The van der Waals surface area contributed by atoms with Crippen molar-refractivity contribution in [2.24, 2.45) is 0 Å². The van der Waals surface area contributed by atoms with Gasteiger partial charge in [-0.2, -0.15) is 0 Å². The van der Waals surface area contributed by atoms with Crippen molar-refractivity contribution in [1.82, 2.24) is 4.90 Å². The molecule has 78 valence electrons. The van der Waals surface area contributed by atoms with Gasteiger partial charge in [0.1, 0.15) is 0 Å². The molecule has 0 bridgehead atoms. The standard InChI is InChI=1S/C13H15NO/c15-13-9-11(10-5-2-1-3-6-10)12-7-4-8-14(12)13/h1-3,5-6,11-12H,4,7-9H2/t11-,12+/m1/s1. The second-order valence-electron chi connectivity index (χ2n) is 4.52. The van der Waals surface area contributed by atoms with Gasteiger partial charge in [-0.25, -0.2) is 0 Å². The zero-order chi connectivity index (χ0) is 10.3. The van der Waals surface area contributed by atoms with Crippen molar-refractivity contribution in [2.45, 2.75) is 31.2 Å². The van der Waals surface area contributed by atoms with E-state index in [0.717, 1.165) is 6.54 Å². The van der Waals surface area contributed by atoms with E-state index in [2.05, 4.69) is 29.2 Å². The number of fused-ring (bicyclic) bond motifs is 1. The number of amides is 1. The molecule has 0 saturated carbocycles. The molecule has 2 aliphatic heterocycles. The lowest BCUT2D eigenvalue weighted by Gasteiger charge is -2.20. The first kappa shape index (κ1) is 8.96. The van der Waals surface area contributed by atoms with Crippen molar-refractivity contribution in [2.75, 3.05) is 6.54 Å². The van der Waals surface area contributed by atoms with Gasteiger partial charge in [-0.1, -0.05) is 30.3 Å². The van der Waals surface area contributed by atoms with Gasteiger partial charge in [0.05, 0.1) is 0 Å². The van der Waals surface area contributed by atoms with Crippen LogP contribution in [0.15, 0.2) is 30.3 Å². The third-order valence-electron chi connectivity index (χ3n) is 3.71. The molecule has 1 aromatic carbocycles. The Bertz CT molecular complexity index is 373. The molecule has 1 aromatic rings. The Morgan fingerprint density at radius 2 is 2.00 bits per heavy atom. The number of rotatable bonds is 1. The summed E-state index contributed by atoms with van der Waals surface area (Å²) in [7, 11) is 0. The monoisotopic (exact) mass is 201 g/mol. The van der Waals surface area contributed by atoms with Gasteiger partial charge < -0.3 is 4.90 Å². The molecule has 2 fully saturated rings. The van der Waals surface area contributed by atoms with Crippen molar-refractivity contribution in [1.29, 1.82) is 0 Å². The van der Waals surface area contributed by atoms with Gasteiger partial charge >= 0.3 is 0 Å². The molecular formula is C13H15NO. The van der Waals surface area contributed by atoms with E-state index in [9.17, 15) is 4.79 Å². The van der Waals surface area contributed by atoms with Crippen molar-refractivity contribution < 1.29 is 4.79 Å². The predicted molar refractivity (Wildman–Crippen MR) is 58.5 cm³/mol. The summed E-state index contributed by atoms with van der Waals surface area (Å²) in [6, 6.07) is 11.0. The van der Waals surface area contributed by atoms with Crippen molar-refractivity contribution in [3.63, 3.8) is 0 Å². The van der Waals surface area contributed by atoms with E-state index in [4.69, 9.17) is 0 Å². The minimum atomic E-state index is 0.353. The van der Waals surface area contributed by atoms with Crippen LogP contribution in [0.1, 0.15) is 30.7 Å².